The molecule has 7 nitrogen and oxygen atoms in total. The number of benzene rings is 2. The summed E-state index contributed by atoms with van der Waals surface area (Å²) in [6.07, 6.45) is -2.99. The third-order valence-corrected chi connectivity index (χ3v) is 5.73. The molecule has 8 heteroatoms. The van der Waals surface area contributed by atoms with Crippen molar-refractivity contribution in [2.45, 2.75) is 58.8 Å². The van der Waals surface area contributed by atoms with Crippen LogP contribution >= 0.6 is 15.9 Å². The highest BCUT2D eigenvalue weighted by Gasteiger charge is 2.43. The van der Waals surface area contributed by atoms with Crippen molar-refractivity contribution in [3.63, 3.8) is 0 Å². The molecule has 174 valence electrons. The number of fused-ring (bicyclic) bond motifs is 1. The molecule has 0 aliphatic heterocycles. The van der Waals surface area contributed by atoms with E-state index < -0.39 is 47.9 Å². The van der Waals surface area contributed by atoms with E-state index in [9.17, 15) is 19.5 Å². The number of methoxy groups -OCH3 is 1. The molecule has 2 rings (SSSR count). The number of ether oxygens (including phenoxy) is 3. The number of hydrogen-bond donors (Lipinski definition) is 1. The molecule has 1 unspecified atom stereocenters. The van der Waals surface area contributed by atoms with Gasteiger partial charge < -0.3 is 19.3 Å². The van der Waals surface area contributed by atoms with Crippen molar-refractivity contribution in [3.8, 4) is 5.75 Å². The van der Waals surface area contributed by atoms with E-state index in [0.29, 0.717) is 11.3 Å². The van der Waals surface area contributed by atoms with Gasteiger partial charge in [0.05, 0.1) is 23.8 Å². The fraction of sp³-hybridized carbons (Fsp3) is 0.458. The molecule has 2 aromatic rings. The van der Waals surface area contributed by atoms with E-state index in [0.717, 1.165) is 15.2 Å². The lowest BCUT2D eigenvalue weighted by Crippen LogP contribution is -2.44. The number of hydrogen-bond acceptors (Lipinski definition) is 7. The van der Waals surface area contributed by atoms with Crippen LogP contribution in [0.1, 0.15) is 46.1 Å². The summed E-state index contributed by atoms with van der Waals surface area (Å²) in [6, 6.07) is 9.09. The van der Waals surface area contributed by atoms with Crippen molar-refractivity contribution >= 4 is 44.4 Å². The van der Waals surface area contributed by atoms with Crippen LogP contribution in [0.5, 0.6) is 5.75 Å². The van der Waals surface area contributed by atoms with Gasteiger partial charge >= 0.3 is 11.9 Å². The van der Waals surface area contributed by atoms with Gasteiger partial charge in [-0.25, -0.2) is 4.79 Å². The maximum Gasteiger partial charge on any atom is 0.336 e. The largest absolute Gasteiger partial charge is 0.496 e. The number of carbonyl (C=O) groups is 3. The summed E-state index contributed by atoms with van der Waals surface area (Å²) in [4.78, 5) is 38.2. The molecule has 1 N–H and O–H groups in total. The quantitative estimate of drug-likeness (QED) is 0.400. The number of ketones is 1. The van der Waals surface area contributed by atoms with Gasteiger partial charge in [-0.15, -0.1) is 0 Å². The minimum atomic E-state index is -1.96. The van der Waals surface area contributed by atoms with Gasteiger partial charge in [0, 0.05) is 5.92 Å². The van der Waals surface area contributed by atoms with Crippen LogP contribution in [0.2, 0.25) is 0 Å². The second kappa shape index (κ2) is 10.9. The zero-order valence-corrected chi connectivity index (χ0v) is 20.6. The van der Waals surface area contributed by atoms with E-state index in [1.54, 1.807) is 53.9 Å². The van der Waals surface area contributed by atoms with Crippen LogP contribution in [0, 0.1) is 5.92 Å². The zero-order chi connectivity index (χ0) is 24.2. The number of esters is 2. The molecule has 0 aliphatic carbocycles. The Morgan fingerprint density at radius 3 is 2.06 bits per heavy atom. The number of Topliss-reactive ketones (excluding diaryl/α,β-unsaturated/α-hetero) is 1. The van der Waals surface area contributed by atoms with E-state index in [4.69, 9.17) is 14.2 Å². The molecule has 0 aromatic heterocycles. The van der Waals surface area contributed by atoms with Crippen LogP contribution in [0.25, 0.3) is 10.8 Å². The highest BCUT2D eigenvalue weighted by molar-refractivity contribution is 9.10. The van der Waals surface area contributed by atoms with Crippen molar-refractivity contribution in [1.82, 2.24) is 0 Å². The minimum absolute atomic E-state index is 0.512. The number of aliphatic hydroxyl groups excluding tert-OH is 1. The van der Waals surface area contributed by atoms with Crippen LogP contribution < -0.4 is 4.74 Å². The first kappa shape index (κ1) is 25.8. The molecule has 32 heavy (non-hydrogen) atoms. The van der Waals surface area contributed by atoms with Crippen LogP contribution in [0.3, 0.4) is 0 Å². The third kappa shape index (κ3) is 5.86. The molecule has 2 aromatic carbocycles. The number of halogens is 1. The Morgan fingerprint density at radius 2 is 1.50 bits per heavy atom. The van der Waals surface area contributed by atoms with E-state index >= 15 is 0 Å². The molecule has 0 spiro atoms. The first-order valence-electron chi connectivity index (χ1n) is 10.4. The Morgan fingerprint density at radius 1 is 0.906 bits per heavy atom. The van der Waals surface area contributed by atoms with Crippen LogP contribution in [0.4, 0.5) is 0 Å². The van der Waals surface area contributed by atoms with Crippen molar-refractivity contribution in [1.29, 1.82) is 0 Å². The Bertz CT molecular complexity index is 999. The van der Waals surface area contributed by atoms with Gasteiger partial charge in [0.15, 0.2) is 17.8 Å². The van der Waals surface area contributed by atoms with Crippen LogP contribution in [-0.2, 0) is 23.9 Å². The maximum absolute atomic E-state index is 13.3. The van der Waals surface area contributed by atoms with Crippen molar-refractivity contribution in [3.05, 3.63) is 40.4 Å². The SMILES string of the molecule is COc1ccc2cc(C(C)C(=O)[C@H](C(=O)OC(C)C)[C@@H](O)C(=O)OC(C)C)ccc2c1Br. The molecule has 0 bridgehead atoms. The van der Waals surface area contributed by atoms with Gasteiger partial charge in [0.25, 0.3) is 0 Å². The first-order valence-corrected chi connectivity index (χ1v) is 11.2. The second-order valence-electron chi connectivity index (χ2n) is 8.08. The van der Waals surface area contributed by atoms with Gasteiger partial charge in [-0.3, -0.25) is 9.59 Å². The Balaban J connectivity index is 2.41. The van der Waals surface area contributed by atoms with E-state index in [-0.39, 0.29) is 0 Å². The maximum atomic E-state index is 13.3. The molecule has 0 saturated carbocycles. The normalized spacial score (nSPS) is 14.2. The monoisotopic (exact) mass is 508 g/mol. The summed E-state index contributed by atoms with van der Waals surface area (Å²) in [5.41, 5.74) is 0.631. The molecule has 0 aliphatic rings. The molecule has 0 heterocycles. The average molecular weight is 509 g/mol. The summed E-state index contributed by atoms with van der Waals surface area (Å²) < 4.78 is 16.3. The van der Waals surface area contributed by atoms with E-state index in [1.807, 2.05) is 18.2 Å². The lowest BCUT2D eigenvalue weighted by Gasteiger charge is -2.24. The second-order valence-corrected chi connectivity index (χ2v) is 8.87. The number of aliphatic hydroxyl groups is 1. The van der Waals surface area contributed by atoms with Gasteiger partial charge in [-0.1, -0.05) is 31.2 Å². The fourth-order valence-electron chi connectivity index (χ4n) is 3.30. The topological polar surface area (TPSA) is 99.1 Å². The molecule has 0 fully saturated rings. The Labute approximate surface area is 196 Å². The predicted molar refractivity (Wildman–Crippen MR) is 124 cm³/mol. The number of carbonyl (C=O) groups excluding carboxylic acids is 3. The lowest BCUT2D eigenvalue weighted by atomic mass is 9.85. The van der Waals surface area contributed by atoms with E-state index in [2.05, 4.69) is 15.9 Å². The molecular weight excluding hydrogens is 480 g/mol. The molecular formula is C24H29BrO7. The van der Waals surface area contributed by atoms with Crippen molar-refractivity contribution in [2.75, 3.05) is 7.11 Å². The fourth-order valence-corrected chi connectivity index (χ4v) is 3.95. The van der Waals surface area contributed by atoms with E-state index in [1.165, 1.54) is 0 Å². The number of rotatable bonds is 9. The van der Waals surface area contributed by atoms with Gasteiger partial charge in [0.1, 0.15) is 5.75 Å². The zero-order valence-electron chi connectivity index (χ0n) is 19.0. The predicted octanol–water partition coefficient (Wildman–Crippen LogP) is 4.16. The molecule has 0 amide bonds. The van der Waals surface area contributed by atoms with Gasteiger partial charge in [0.2, 0.25) is 0 Å². The first-order chi connectivity index (χ1) is 15.0. The average Bonchev–Trinajstić information content (AvgIpc) is 2.72. The van der Waals surface area contributed by atoms with Crippen molar-refractivity contribution in [2.24, 2.45) is 5.92 Å². The summed E-state index contributed by atoms with van der Waals surface area (Å²) >= 11 is 3.51. The molecule has 3 atom stereocenters. The van der Waals surface area contributed by atoms with Crippen molar-refractivity contribution < 1.29 is 33.7 Å². The van der Waals surface area contributed by atoms with Crippen LogP contribution in [0.15, 0.2) is 34.8 Å². The third-order valence-electron chi connectivity index (χ3n) is 4.91. The van der Waals surface area contributed by atoms with Gasteiger partial charge in [-0.2, -0.15) is 0 Å². The standard InChI is InChI=1S/C24H29BrO7/c1-12(2)31-23(28)19(22(27)24(29)32-13(3)4)21(26)14(5)15-7-9-17-16(11-15)8-10-18(30-6)20(17)25/h7-14,19,22,27H,1-6H3/t14?,19-,22+/m0/s1. The summed E-state index contributed by atoms with van der Waals surface area (Å²) in [6.45, 7) is 8.09. The highest BCUT2D eigenvalue weighted by Crippen LogP contribution is 2.35. The Kier molecular flexibility index (Phi) is 8.81. The summed E-state index contributed by atoms with van der Waals surface area (Å²) in [5, 5.41) is 12.3. The highest BCUT2D eigenvalue weighted by atomic mass is 79.9. The lowest BCUT2D eigenvalue weighted by molar-refractivity contribution is -0.173. The molecule has 0 saturated heterocycles. The molecule has 0 radical (unpaired) electrons. The Hall–Kier alpha value is -2.45. The minimum Gasteiger partial charge on any atom is -0.496 e. The van der Waals surface area contributed by atoms with Gasteiger partial charge in [-0.05, 0) is 66.0 Å². The smallest absolute Gasteiger partial charge is 0.336 e. The van der Waals surface area contributed by atoms with Crippen LogP contribution in [-0.4, -0.2) is 48.3 Å². The summed E-state index contributed by atoms with van der Waals surface area (Å²) in [7, 11) is 1.58. The summed E-state index contributed by atoms with van der Waals surface area (Å²) in [5.74, 6) is -4.43.